The van der Waals surface area contributed by atoms with Crippen LogP contribution in [0.25, 0.3) is 5.69 Å². The van der Waals surface area contributed by atoms with Crippen LogP contribution in [-0.4, -0.2) is 57.6 Å². The third kappa shape index (κ3) is 7.23. The Hall–Kier alpha value is -3.08. The van der Waals surface area contributed by atoms with Crippen molar-refractivity contribution in [1.29, 1.82) is 0 Å². The van der Waals surface area contributed by atoms with E-state index in [1.54, 1.807) is 12.4 Å². The molecular weight excluding hydrogens is 612 g/mol. The van der Waals surface area contributed by atoms with Gasteiger partial charge < -0.3 is 14.2 Å². The van der Waals surface area contributed by atoms with Gasteiger partial charge in [-0.05, 0) is 71.2 Å². The van der Waals surface area contributed by atoms with Gasteiger partial charge in [0.15, 0.2) is 6.10 Å². The quantitative estimate of drug-likeness (QED) is 0.224. The van der Waals surface area contributed by atoms with E-state index in [9.17, 15) is 9.59 Å². The number of nitrogens with zero attached hydrogens (tertiary/aromatic N) is 4. The minimum atomic E-state index is -0.808. The van der Waals surface area contributed by atoms with Crippen molar-refractivity contribution in [3.63, 3.8) is 0 Å². The van der Waals surface area contributed by atoms with Crippen LogP contribution in [0.4, 0.5) is 0 Å². The summed E-state index contributed by atoms with van der Waals surface area (Å²) in [6.45, 7) is 7.79. The number of aromatic nitrogens is 3. The van der Waals surface area contributed by atoms with Crippen molar-refractivity contribution >= 4 is 45.2 Å². The molecule has 1 unspecified atom stereocenters. The average molecular weight is 646 g/mol. The van der Waals surface area contributed by atoms with Crippen molar-refractivity contribution in [2.75, 3.05) is 13.7 Å². The first-order valence-corrected chi connectivity index (χ1v) is 14.7. The van der Waals surface area contributed by atoms with Gasteiger partial charge >= 0.3 is 11.9 Å². The highest BCUT2D eigenvalue weighted by Gasteiger charge is 2.32. The lowest BCUT2D eigenvalue weighted by molar-refractivity contribution is -0.160. The molecule has 3 heterocycles. The molecule has 41 heavy (non-hydrogen) atoms. The Labute approximate surface area is 253 Å². The third-order valence-corrected chi connectivity index (χ3v) is 7.56. The number of methoxy groups -OCH3 is 1. The molecule has 2 aromatic heterocycles. The molecule has 11 heteroatoms. The van der Waals surface area contributed by atoms with Crippen LogP contribution in [-0.2, 0) is 23.8 Å². The number of ether oxygens (including phenoxy) is 3. The number of pyridine rings is 1. The maximum Gasteiger partial charge on any atom is 0.334 e. The standard InChI is InChI=1S/C30H34BrClN4O5/c1-6-40-24(29(38)39-5)12-13-30(3,4)41-25(37)11-10-23-28-34-17-18(2)36(28)27-20(15-19(31)16-21(27)32)26(35-23)22-9-7-8-14-33-22/h7-9,14-17,23-24H,6,10-13H2,1-5H3/t23-,24?/m0/s1. The van der Waals surface area contributed by atoms with E-state index in [1.165, 1.54) is 7.11 Å². The molecule has 1 aromatic carbocycles. The molecule has 3 aromatic rings. The van der Waals surface area contributed by atoms with Gasteiger partial charge in [0, 0.05) is 41.2 Å². The molecule has 0 fully saturated rings. The number of carbonyl (C=O) groups excluding carboxylic acids is 2. The Kier molecular flexibility index (Phi) is 9.99. The van der Waals surface area contributed by atoms with Crippen LogP contribution in [0.15, 0.2) is 52.2 Å². The molecule has 2 atom stereocenters. The zero-order chi connectivity index (χ0) is 29.7. The minimum absolute atomic E-state index is 0.110. The fourth-order valence-corrected chi connectivity index (χ4v) is 5.78. The molecule has 4 rings (SSSR count). The second kappa shape index (κ2) is 13.3. The van der Waals surface area contributed by atoms with Crippen molar-refractivity contribution in [1.82, 2.24) is 14.5 Å². The first kappa shape index (κ1) is 30.9. The number of hydrogen-bond donors (Lipinski definition) is 0. The number of aryl methyl sites for hydroxylation is 1. The highest BCUT2D eigenvalue weighted by atomic mass is 79.9. The summed E-state index contributed by atoms with van der Waals surface area (Å²) in [4.78, 5) is 39.4. The SMILES string of the molecule is CCOC(CCC(C)(C)OC(=O)CC[C@@H]1N=C(c2ccccn2)c2cc(Br)cc(Cl)c2-n2c(C)cnc21)C(=O)OC. The molecule has 0 saturated carbocycles. The molecule has 218 valence electrons. The van der Waals surface area contributed by atoms with E-state index in [2.05, 4.69) is 25.9 Å². The fourth-order valence-electron chi connectivity index (χ4n) is 4.88. The predicted molar refractivity (Wildman–Crippen MR) is 160 cm³/mol. The molecule has 9 nitrogen and oxygen atoms in total. The summed E-state index contributed by atoms with van der Waals surface area (Å²) >= 11 is 10.4. The molecule has 0 radical (unpaired) electrons. The smallest absolute Gasteiger partial charge is 0.334 e. The maximum atomic E-state index is 13.1. The van der Waals surface area contributed by atoms with E-state index in [1.807, 2.05) is 62.6 Å². The van der Waals surface area contributed by atoms with Crippen molar-refractivity contribution in [2.45, 2.75) is 71.1 Å². The predicted octanol–water partition coefficient (Wildman–Crippen LogP) is 6.34. The van der Waals surface area contributed by atoms with Crippen LogP contribution in [0.5, 0.6) is 0 Å². The van der Waals surface area contributed by atoms with Crippen LogP contribution >= 0.6 is 27.5 Å². The molecule has 0 amide bonds. The molecule has 0 saturated heterocycles. The number of rotatable bonds is 11. The van der Waals surface area contributed by atoms with Crippen LogP contribution < -0.4 is 0 Å². The van der Waals surface area contributed by atoms with Gasteiger partial charge in [0.2, 0.25) is 0 Å². The molecule has 1 aliphatic rings. The topological polar surface area (TPSA) is 105 Å². The number of hydrogen-bond acceptors (Lipinski definition) is 8. The highest BCUT2D eigenvalue weighted by molar-refractivity contribution is 9.10. The Balaban J connectivity index is 1.58. The van der Waals surface area contributed by atoms with Gasteiger partial charge in [-0.1, -0.05) is 33.6 Å². The van der Waals surface area contributed by atoms with Crippen LogP contribution in [0.3, 0.4) is 0 Å². The Morgan fingerprint density at radius 3 is 2.68 bits per heavy atom. The summed E-state index contributed by atoms with van der Waals surface area (Å²) in [5, 5.41) is 0.541. The lowest BCUT2D eigenvalue weighted by Crippen LogP contribution is -2.33. The second-order valence-corrected chi connectivity index (χ2v) is 11.7. The monoisotopic (exact) mass is 644 g/mol. The zero-order valence-corrected chi connectivity index (χ0v) is 26.2. The van der Waals surface area contributed by atoms with Gasteiger partial charge in [0.05, 0.1) is 29.2 Å². The molecule has 0 bridgehead atoms. The molecular formula is C30H34BrClN4O5. The first-order chi connectivity index (χ1) is 19.5. The van der Waals surface area contributed by atoms with Gasteiger partial charge in [-0.2, -0.15) is 0 Å². The minimum Gasteiger partial charge on any atom is -0.467 e. The van der Waals surface area contributed by atoms with Gasteiger partial charge in [-0.3, -0.25) is 19.3 Å². The third-order valence-electron chi connectivity index (χ3n) is 6.82. The van der Waals surface area contributed by atoms with Crippen LogP contribution in [0, 0.1) is 6.92 Å². The number of benzene rings is 1. The van der Waals surface area contributed by atoms with E-state index in [-0.39, 0.29) is 12.4 Å². The Morgan fingerprint density at radius 2 is 2.00 bits per heavy atom. The van der Waals surface area contributed by atoms with E-state index in [0.717, 1.165) is 21.4 Å². The number of halogens is 2. The Bertz CT molecular complexity index is 1440. The zero-order valence-electron chi connectivity index (χ0n) is 23.8. The number of esters is 2. The highest BCUT2D eigenvalue weighted by Crippen LogP contribution is 2.38. The fraction of sp³-hybridized carbons (Fsp3) is 0.433. The van der Waals surface area contributed by atoms with Gasteiger partial charge in [-0.25, -0.2) is 9.78 Å². The molecule has 0 spiro atoms. The van der Waals surface area contributed by atoms with Crippen molar-refractivity contribution in [3.05, 3.63) is 75.0 Å². The first-order valence-electron chi connectivity index (χ1n) is 13.5. The molecule has 0 N–H and O–H groups in total. The second-order valence-electron chi connectivity index (χ2n) is 10.4. The summed E-state index contributed by atoms with van der Waals surface area (Å²) in [7, 11) is 1.33. The largest absolute Gasteiger partial charge is 0.467 e. The lowest BCUT2D eigenvalue weighted by Gasteiger charge is -2.27. The molecule has 1 aliphatic heterocycles. The maximum absolute atomic E-state index is 13.1. The summed E-state index contributed by atoms with van der Waals surface area (Å²) in [6, 6.07) is 9.01. The normalized spacial score (nSPS) is 15.3. The number of carbonyl (C=O) groups is 2. The van der Waals surface area contributed by atoms with Crippen molar-refractivity contribution in [2.24, 2.45) is 4.99 Å². The summed E-state index contributed by atoms with van der Waals surface area (Å²) < 4.78 is 19.0. The summed E-state index contributed by atoms with van der Waals surface area (Å²) in [5.41, 5.74) is 3.02. The Morgan fingerprint density at radius 1 is 1.22 bits per heavy atom. The lowest BCUT2D eigenvalue weighted by atomic mass is 9.99. The number of aliphatic imine (C=N–C) groups is 1. The van der Waals surface area contributed by atoms with Crippen molar-refractivity contribution < 1.29 is 23.8 Å². The van der Waals surface area contributed by atoms with E-state index >= 15 is 0 Å². The molecule has 0 aliphatic carbocycles. The van der Waals surface area contributed by atoms with Crippen LogP contribution in [0.1, 0.15) is 75.3 Å². The number of imidazole rings is 1. The van der Waals surface area contributed by atoms with Crippen molar-refractivity contribution in [3.8, 4) is 5.69 Å². The summed E-state index contributed by atoms with van der Waals surface area (Å²) in [6.07, 6.45) is 4.06. The van der Waals surface area contributed by atoms with E-state index in [4.69, 9.17) is 30.8 Å². The van der Waals surface area contributed by atoms with Crippen LogP contribution in [0.2, 0.25) is 5.02 Å². The van der Waals surface area contributed by atoms with Gasteiger partial charge in [0.25, 0.3) is 0 Å². The summed E-state index contributed by atoms with van der Waals surface area (Å²) in [5.74, 6) is -0.126. The van der Waals surface area contributed by atoms with Gasteiger partial charge in [0.1, 0.15) is 17.5 Å². The van der Waals surface area contributed by atoms with E-state index in [0.29, 0.717) is 48.1 Å². The number of fused-ring (bicyclic) bond motifs is 3. The van der Waals surface area contributed by atoms with Gasteiger partial charge in [-0.15, -0.1) is 0 Å². The average Bonchev–Trinajstić information content (AvgIpc) is 3.24. The van der Waals surface area contributed by atoms with E-state index < -0.39 is 23.7 Å².